The van der Waals surface area contributed by atoms with E-state index in [1.54, 1.807) is 14.2 Å². The molecule has 49 heavy (non-hydrogen) atoms. The Labute approximate surface area is 296 Å². The maximum atomic E-state index is 12.8. The zero-order valence-corrected chi connectivity index (χ0v) is 30.6. The summed E-state index contributed by atoms with van der Waals surface area (Å²) in [5.74, 6) is 4.07. The summed E-state index contributed by atoms with van der Waals surface area (Å²) in [5.41, 5.74) is 2.36. The van der Waals surface area contributed by atoms with E-state index in [0.717, 1.165) is 140 Å². The first-order chi connectivity index (χ1) is 24.1. The van der Waals surface area contributed by atoms with Gasteiger partial charge in [-0.25, -0.2) is 0 Å². The van der Waals surface area contributed by atoms with Crippen molar-refractivity contribution >= 4 is 11.8 Å². The molecule has 0 unspecified atom stereocenters. The van der Waals surface area contributed by atoms with Crippen LogP contribution in [-0.2, 0) is 22.7 Å². The Kier molecular flexibility index (Phi) is 17.8. The van der Waals surface area contributed by atoms with E-state index in [1.807, 2.05) is 36.4 Å². The number of methoxy groups -OCH3 is 2. The largest absolute Gasteiger partial charge is 0.496 e. The van der Waals surface area contributed by atoms with Crippen molar-refractivity contribution in [1.82, 2.24) is 20.4 Å². The molecule has 0 aromatic heterocycles. The number of amides is 2. The number of rotatable bonds is 22. The van der Waals surface area contributed by atoms with Crippen LogP contribution in [0.2, 0.25) is 0 Å². The molecule has 2 saturated heterocycles. The standard InChI is InChI=1S/C41H64N4O4/c1-48-38-18-9-7-16-36(38)32-42-26-11-3-5-20-40(46)44-28-22-34(23-29-44)14-13-15-35-24-30-45(31-25-35)41(47)21-6-4-12-27-43-33-37-17-8-10-19-39(37)49-2/h7-10,16-19,34-35,42-43H,3-6,11-15,20-33H2,1-2H3. The Bertz CT molecular complexity index is 1130. The predicted molar refractivity (Wildman–Crippen MR) is 199 cm³/mol. The maximum Gasteiger partial charge on any atom is 0.222 e. The predicted octanol–water partition coefficient (Wildman–Crippen LogP) is 7.35. The van der Waals surface area contributed by atoms with Crippen molar-refractivity contribution in [3.8, 4) is 11.5 Å². The Morgan fingerprint density at radius 2 is 1.00 bits per heavy atom. The molecule has 2 aromatic rings. The number of piperidine rings is 2. The van der Waals surface area contributed by atoms with Crippen molar-refractivity contribution < 1.29 is 19.1 Å². The van der Waals surface area contributed by atoms with E-state index < -0.39 is 0 Å². The molecule has 0 bridgehead atoms. The van der Waals surface area contributed by atoms with Crippen molar-refractivity contribution in [1.29, 1.82) is 0 Å². The van der Waals surface area contributed by atoms with Crippen molar-refractivity contribution in [2.75, 3.05) is 53.5 Å². The third-order valence-electron chi connectivity index (χ3n) is 10.7. The molecule has 2 heterocycles. The van der Waals surface area contributed by atoms with Crippen LogP contribution in [-0.4, -0.2) is 75.1 Å². The minimum atomic E-state index is 0.346. The molecule has 2 N–H and O–H groups in total. The van der Waals surface area contributed by atoms with E-state index in [4.69, 9.17) is 9.47 Å². The van der Waals surface area contributed by atoms with Gasteiger partial charge < -0.3 is 29.9 Å². The molecule has 0 saturated carbocycles. The summed E-state index contributed by atoms with van der Waals surface area (Å²) < 4.78 is 10.8. The fourth-order valence-corrected chi connectivity index (χ4v) is 7.50. The summed E-state index contributed by atoms with van der Waals surface area (Å²) in [6, 6.07) is 16.3. The number of carbonyl (C=O) groups is 2. The summed E-state index contributed by atoms with van der Waals surface area (Å²) in [7, 11) is 3.43. The van der Waals surface area contributed by atoms with Gasteiger partial charge in [0, 0.05) is 63.2 Å². The molecule has 2 aliphatic heterocycles. The van der Waals surface area contributed by atoms with Crippen LogP contribution in [0.4, 0.5) is 0 Å². The van der Waals surface area contributed by atoms with Gasteiger partial charge in [-0.3, -0.25) is 9.59 Å². The number of hydrogen-bond acceptors (Lipinski definition) is 6. The van der Waals surface area contributed by atoms with E-state index >= 15 is 0 Å². The molecule has 0 aliphatic carbocycles. The van der Waals surface area contributed by atoms with E-state index in [2.05, 4.69) is 32.6 Å². The highest BCUT2D eigenvalue weighted by Crippen LogP contribution is 2.28. The molecular weight excluding hydrogens is 612 g/mol. The lowest BCUT2D eigenvalue weighted by molar-refractivity contribution is -0.133. The molecule has 2 aromatic carbocycles. The number of ether oxygens (including phenoxy) is 2. The molecule has 272 valence electrons. The third kappa shape index (κ3) is 14.0. The highest BCUT2D eigenvalue weighted by atomic mass is 16.5. The Morgan fingerprint density at radius 1 is 0.592 bits per heavy atom. The quantitative estimate of drug-likeness (QED) is 0.127. The van der Waals surface area contributed by atoms with Crippen molar-refractivity contribution in [3.63, 3.8) is 0 Å². The zero-order valence-electron chi connectivity index (χ0n) is 30.6. The van der Waals surface area contributed by atoms with Gasteiger partial charge in [-0.05, 0) is 88.4 Å². The number of nitrogens with zero attached hydrogens (tertiary/aromatic N) is 2. The minimum Gasteiger partial charge on any atom is -0.496 e. The fourth-order valence-electron chi connectivity index (χ4n) is 7.50. The van der Waals surface area contributed by atoms with Gasteiger partial charge >= 0.3 is 0 Å². The summed E-state index contributed by atoms with van der Waals surface area (Å²) in [6.07, 6.45) is 16.1. The number of benzene rings is 2. The molecule has 0 atom stereocenters. The van der Waals surface area contributed by atoms with Gasteiger partial charge in [0.05, 0.1) is 14.2 Å². The number of likely N-dealkylation sites (tertiary alicyclic amines) is 2. The van der Waals surface area contributed by atoms with E-state index in [1.165, 1.54) is 30.4 Å². The van der Waals surface area contributed by atoms with Gasteiger partial charge in [0.2, 0.25) is 11.8 Å². The molecule has 2 amide bonds. The first kappa shape index (κ1) is 38.7. The lowest BCUT2D eigenvalue weighted by Crippen LogP contribution is -2.39. The second kappa shape index (κ2) is 22.6. The number of nitrogens with one attached hydrogen (secondary N) is 2. The summed E-state index contributed by atoms with van der Waals surface area (Å²) in [4.78, 5) is 29.8. The van der Waals surface area contributed by atoms with Crippen LogP contribution in [0.1, 0.15) is 107 Å². The zero-order chi connectivity index (χ0) is 34.5. The van der Waals surface area contributed by atoms with Crippen LogP contribution in [0.15, 0.2) is 48.5 Å². The minimum absolute atomic E-state index is 0.346. The van der Waals surface area contributed by atoms with Crippen molar-refractivity contribution in [2.45, 2.75) is 109 Å². The first-order valence-corrected chi connectivity index (χ1v) is 19.3. The van der Waals surface area contributed by atoms with Crippen LogP contribution in [0.25, 0.3) is 0 Å². The Hall–Kier alpha value is -3.10. The van der Waals surface area contributed by atoms with Gasteiger partial charge in [-0.15, -0.1) is 0 Å². The van der Waals surface area contributed by atoms with Crippen molar-refractivity contribution in [2.24, 2.45) is 11.8 Å². The second-order valence-corrected chi connectivity index (χ2v) is 14.2. The molecular formula is C41H64N4O4. The van der Waals surface area contributed by atoms with Crippen molar-refractivity contribution in [3.05, 3.63) is 59.7 Å². The lowest BCUT2D eigenvalue weighted by Gasteiger charge is -2.34. The molecule has 8 heteroatoms. The molecule has 4 rings (SSSR count). The molecule has 2 aliphatic rings. The number of para-hydroxylation sites is 2. The van der Waals surface area contributed by atoms with Crippen LogP contribution >= 0.6 is 0 Å². The summed E-state index contributed by atoms with van der Waals surface area (Å²) in [5, 5.41) is 7.00. The summed E-state index contributed by atoms with van der Waals surface area (Å²) in [6.45, 7) is 7.28. The van der Waals surface area contributed by atoms with Crippen LogP contribution in [0, 0.1) is 11.8 Å². The van der Waals surface area contributed by atoms with E-state index in [-0.39, 0.29) is 0 Å². The van der Waals surface area contributed by atoms with Gasteiger partial charge in [0.15, 0.2) is 0 Å². The van der Waals surface area contributed by atoms with Gasteiger partial charge in [0.25, 0.3) is 0 Å². The molecule has 0 radical (unpaired) electrons. The average molecular weight is 677 g/mol. The molecule has 8 nitrogen and oxygen atoms in total. The van der Waals surface area contributed by atoms with Crippen LogP contribution < -0.4 is 20.1 Å². The summed E-state index contributed by atoms with van der Waals surface area (Å²) >= 11 is 0. The average Bonchev–Trinajstić information content (AvgIpc) is 3.14. The van der Waals surface area contributed by atoms with Gasteiger partial charge in [-0.2, -0.15) is 0 Å². The molecule has 0 spiro atoms. The van der Waals surface area contributed by atoms with Crippen LogP contribution in [0.5, 0.6) is 11.5 Å². The van der Waals surface area contributed by atoms with E-state index in [0.29, 0.717) is 24.7 Å². The smallest absolute Gasteiger partial charge is 0.222 e. The van der Waals surface area contributed by atoms with Gasteiger partial charge in [0.1, 0.15) is 11.5 Å². The topological polar surface area (TPSA) is 83.1 Å². The van der Waals surface area contributed by atoms with Gasteiger partial charge in [-0.1, -0.05) is 68.5 Å². The normalized spacial score (nSPS) is 15.8. The number of unbranched alkanes of at least 4 members (excludes halogenated alkanes) is 4. The highest BCUT2D eigenvalue weighted by molar-refractivity contribution is 5.76. The number of carbonyl (C=O) groups excluding carboxylic acids is 2. The highest BCUT2D eigenvalue weighted by Gasteiger charge is 2.25. The SMILES string of the molecule is COc1ccccc1CNCCCCCC(=O)N1CCC(CCCC2CCN(C(=O)CCCCCNCc3ccccc3OC)CC2)CC1. The maximum absolute atomic E-state index is 12.8. The van der Waals surface area contributed by atoms with E-state index in [9.17, 15) is 9.59 Å². The molecule has 2 fully saturated rings. The second-order valence-electron chi connectivity index (χ2n) is 14.2. The third-order valence-corrected chi connectivity index (χ3v) is 10.7. The number of hydrogen-bond donors (Lipinski definition) is 2. The Morgan fingerprint density at radius 3 is 1.41 bits per heavy atom. The monoisotopic (exact) mass is 676 g/mol. The Balaban J connectivity index is 0.943. The fraction of sp³-hybridized carbons (Fsp3) is 0.659. The van der Waals surface area contributed by atoms with Crippen LogP contribution in [0.3, 0.4) is 0 Å². The first-order valence-electron chi connectivity index (χ1n) is 19.3. The lowest BCUT2D eigenvalue weighted by atomic mass is 9.86.